The Morgan fingerprint density at radius 2 is 2.19 bits per heavy atom. The fourth-order valence-corrected chi connectivity index (χ4v) is 2.93. The molecule has 0 aliphatic carbocycles. The minimum Gasteiger partial charge on any atom is -0.486 e. The predicted molar refractivity (Wildman–Crippen MR) is 88.9 cm³/mol. The molecule has 0 aliphatic heterocycles. The summed E-state index contributed by atoms with van der Waals surface area (Å²) in [6, 6.07) is 5.96. The molecule has 0 amide bonds. The summed E-state index contributed by atoms with van der Waals surface area (Å²) in [6.07, 6.45) is 0.772. The molecule has 0 spiro atoms. The number of aryl methyl sites for hydroxylation is 2. The molecular weight excluding hydrogens is 354 g/mol. The zero-order valence-corrected chi connectivity index (χ0v) is 14.5. The van der Waals surface area contributed by atoms with Gasteiger partial charge in [-0.3, -0.25) is 4.68 Å². The van der Waals surface area contributed by atoms with Crippen LogP contribution in [-0.4, -0.2) is 16.3 Å². The number of halogens is 2. The second kappa shape index (κ2) is 7.29. The Morgan fingerprint density at radius 3 is 2.86 bits per heavy atom. The van der Waals surface area contributed by atoms with Crippen molar-refractivity contribution in [3.8, 4) is 5.75 Å². The average molecular weight is 373 g/mol. The summed E-state index contributed by atoms with van der Waals surface area (Å²) < 4.78 is 8.79. The van der Waals surface area contributed by atoms with E-state index in [1.54, 1.807) is 0 Å². The summed E-state index contributed by atoms with van der Waals surface area (Å²) in [6.45, 7) is 5.66. The third-order valence-electron chi connectivity index (χ3n) is 3.27. The summed E-state index contributed by atoms with van der Waals surface area (Å²) in [5.41, 5.74) is 8.46. The Kier molecular flexibility index (Phi) is 5.67. The van der Waals surface area contributed by atoms with Gasteiger partial charge in [-0.05, 0) is 54.4 Å². The van der Waals surface area contributed by atoms with Crippen molar-refractivity contribution in [3.05, 3.63) is 44.6 Å². The van der Waals surface area contributed by atoms with Gasteiger partial charge in [0.05, 0.1) is 20.9 Å². The van der Waals surface area contributed by atoms with Crippen LogP contribution < -0.4 is 10.5 Å². The van der Waals surface area contributed by atoms with Gasteiger partial charge in [0.25, 0.3) is 0 Å². The van der Waals surface area contributed by atoms with Crippen molar-refractivity contribution in [1.82, 2.24) is 9.78 Å². The molecule has 0 bridgehead atoms. The van der Waals surface area contributed by atoms with Crippen LogP contribution in [0.1, 0.15) is 23.9 Å². The van der Waals surface area contributed by atoms with Crippen LogP contribution in [-0.2, 0) is 19.6 Å². The van der Waals surface area contributed by atoms with E-state index in [-0.39, 0.29) is 0 Å². The van der Waals surface area contributed by atoms with Crippen molar-refractivity contribution in [2.75, 3.05) is 6.54 Å². The lowest BCUT2D eigenvalue weighted by molar-refractivity contribution is 0.288. The zero-order valence-electron chi connectivity index (χ0n) is 12.2. The molecule has 0 atom stereocenters. The average Bonchev–Trinajstić information content (AvgIpc) is 2.74. The number of nitrogens with zero attached hydrogens (tertiary/aromatic N) is 2. The van der Waals surface area contributed by atoms with Gasteiger partial charge in [0, 0.05) is 6.54 Å². The van der Waals surface area contributed by atoms with Crippen LogP contribution in [0.5, 0.6) is 5.75 Å². The molecule has 2 aromatic rings. The molecular formula is C15H19BrClN3O. The number of hydrogen-bond donors (Lipinski definition) is 1. The lowest BCUT2D eigenvalue weighted by Crippen LogP contribution is -2.09. The first-order chi connectivity index (χ1) is 10.1. The van der Waals surface area contributed by atoms with E-state index in [9.17, 15) is 0 Å². The lowest BCUT2D eigenvalue weighted by Gasteiger charge is -2.14. The standard InChI is InChI=1S/C15H19BrClN3O/c1-3-20-13(14(17)10(2)19-20)9-21-15-11(7-8-18)5-4-6-12(15)16/h4-6H,3,7-9,18H2,1-2H3. The van der Waals surface area contributed by atoms with Gasteiger partial charge < -0.3 is 10.5 Å². The third-order valence-corrected chi connectivity index (χ3v) is 4.38. The van der Waals surface area contributed by atoms with Gasteiger partial charge in [-0.25, -0.2) is 0 Å². The van der Waals surface area contributed by atoms with E-state index in [1.807, 2.05) is 36.7 Å². The molecule has 0 saturated heterocycles. The van der Waals surface area contributed by atoms with Crippen molar-refractivity contribution in [3.63, 3.8) is 0 Å². The maximum Gasteiger partial charge on any atom is 0.137 e. The first-order valence-electron chi connectivity index (χ1n) is 6.90. The maximum absolute atomic E-state index is 6.30. The SMILES string of the molecule is CCn1nc(C)c(Cl)c1COc1c(Br)cccc1CCN. The molecule has 114 valence electrons. The van der Waals surface area contributed by atoms with Gasteiger partial charge >= 0.3 is 0 Å². The van der Waals surface area contributed by atoms with Crippen LogP contribution in [0.15, 0.2) is 22.7 Å². The fourth-order valence-electron chi connectivity index (χ4n) is 2.21. The summed E-state index contributed by atoms with van der Waals surface area (Å²) in [5.74, 6) is 0.820. The van der Waals surface area contributed by atoms with Crippen molar-refractivity contribution >= 4 is 27.5 Å². The minimum atomic E-state index is 0.383. The summed E-state index contributed by atoms with van der Waals surface area (Å²) in [7, 11) is 0. The van der Waals surface area contributed by atoms with Crippen LogP contribution in [0, 0.1) is 6.92 Å². The Bertz CT molecular complexity index is 628. The van der Waals surface area contributed by atoms with Gasteiger partial charge in [-0.15, -0.1) is 0 Å². The lowest BCUT2D eigenvalue weighted by atomic mass is 10.1. The van der Waals surface area contributed by atoms with E-state index in [0.29, 0.717) is 18.2 Å². The minimum absolute atomic E-state index is 0.383. The Balaban J connectivity index is 2.24. The van der Waals surface area contributed by atoms with Gasteiger partial charge in [-0.2, -0.15) is 5.10 Å². The van der Waals surface area contributed by atoms with Crippen LogP contribution in [0.2, 0.25) is 5.02 Å². The zero-order chi connectivity index (χ0) is 15.4. The highest BCUT2D eigenvalue weighted by atomic mass is 79.9. The second-order valence-electron chi connectivity index (χ2n) is 4.72. The number of nitrogens with two attached hydrogens (primary N) is 1. The number of aromatic nitrogens is 2. The van der Waals surface area contributed by atoms with Crippen molar-refractivity contribution in [1.29, 1.82) is 0 Å². The topological polar surface area (TPSA) is 53.1 Å². The largest absolute Gasteiger partial charge is 0.486 e. The van der Waals surface area contributed by atoms with Gasteiger partial charge in [0.1, 0.15) is 12.4 Å². The van der Waals surface area contributed by atoms with Crippen molar-refractivity contribution in [2.45, 2.75) is 33.4 Å². The molecule has 0 aliphatic rings. The highest BCUT2D eigenvalue weighted by Gasteiger charge is 2.15. The predicted octanol–water partition coefficient (Wildman–Crippen LogP) is 3.71. The van der Waals surface area contributed by atoms with Crippen LogP contribution >= 0.6 is 27.5 Å². The molecule has 4 nitrogen and oxygen atoms in total. The first kappa shape index (κ1) is 16.3. The van der Waals surface area contributed by atoms with E-state index >= 15 is 0 Å². The highest BCUT2D eigenvalue weighted by molar-refractivity contribution is 9.10. The summed E-state index contributed by atoms with van der Waals surface area (Å²) in [5, 5.41) is 5.07. The number of rotatable bonds is 6. The molecule has 1 aromatic heterocycles. The van der Waals surface area contributed by atoms with E-state index in [2.05, 4.69) is 21.0 Å². The molecule has 6 heteroatoms. The number of benzene rings is 1. The molecule has 1 heterocycles. The van der Waals surface area contributed by atoms with Crippen LogP contribution in [0.3, 0.4) is 0 Å². The smallest absolute Gasteiger partial charge is 0.137 e. The molecule has 0 saturated carbocycles. The number of para-hydroxylation sites is 1. The highest BCUT2D eigenvalue weighted by Crippen LogP contribution is 2.31. The van der Waals surface area contributed by atoms with Crippen LogP contribution in [0.25, 0.3) is 0 Å². The Morgan fingerprint density at radius 1 is 1.43 bits per heavy atom. The first-order valence-corrected chi connectivity index (χ1v) is 8.07. The maximum atomic E-state index is 6.30. The second-order valence-corrected chi connectivity index (χ2v) is 5.95. The van der Waals surface area contributed by atoms with Gasteiger partial charge in [0.2, 0.25) is 0 Å². The summed E-state index contributed by atoms with van der Waals surface area (Å²) >= 11 is 9.83. The van der Waals surface area contributed by atoms with Gasteiger partial charge in [-0.1, -0.05) is 23.7 Å². The Hall–Kier alpha value is -1.04. The van der Waals surface area contributed by atoms with Crippen molar-refractivity contribution < 1.29 is 4.74 Å². The molecule has 0 unspecified atom stereocenters. The van der Waals surface area contributed by atoms with Crippen molar-refractivity contribution in [2.24, 2.45) is 5.73 Å². The van der Waals surface area contributed by atoms with Gasteiger partial charge in [0.15, 0.2) is 0 Å². The van der Waals surface area contributed by atoms with E-state index in [1.165, 1.54) is 0 Å². The van der Waals surface area contributed by atoms with Crippen LogP contribution in [0.4, 0.5) is 0 Å². The fraction of sp³-hybridized carbons (Fsp3) is 0.400. The molecule has 1 aromatic carbocycles. The van der Waals surface area contributed by atoms with E-state index in [0.717, 1.165) is 40.1 Å². The monoisotopic (exact) mass is 371 g/mol. The molecule has 2 N–H and O–H groups in total. The summed E-state index contributed by atoms with van der Waals surface area (Å²) in [4.78, 5) is 0. The molecule has 21 heavy (non-hydrogen) atoms. The molecule has 2 rings (SSSR count). The molecule has 0 radical (unpaired) electrons. The number of ether oxygens (including phenoxy) is 1. The third kappa shape index (κ3) is 3.59. The quantitative estimate of drug-likeness (QED) is 0.841. The Labute approximate surface area is 138 Å². The van der Waals surface area contributed by atoms with E-state index in [4.69, 9.17) is 22.1 Å². The van der Waals surface area contributed by atoms with E-state index < -0.39 is 0 Å². The number of hydrogen-bond acceptors (Lipinski definition) is 3. The normalized spacial score (nSPS) is 10.9. The molecule has 0 fully saturated rings.